The molecule has 1 unspecified atom stereocenters. The van der Waals surface area contributed by atoms with Gasteiger partial charge >= 0.3 is 0 Å². The molecule has 0 amide bonds. The molecule has 0 saturated carbocycles. The highest BCUT2D eigenvalue weighted by Gasteiger charge is 2.19. The molecule has 20 heavy (non-hydrogen) atoms. The Bertz CT molecular complexity index is 505. The summed E-state index contributed by atoms with van der Waals surface area (Å²) in [5.74, 6) is 1.33. The minimum absolute atomic E-state index is 0.616. The van der Waals surface area contributed by atoms with Crippen molar-refractivity contribution in [3.8, 4) is 5.75 Å². The number of nitrogens with two attached hydrogens (primary N) is 1. The zero-order valence-corrected chi connectivity index (χ0v) is 14.2. The molecule has 0 aliphatic rings. The van der Waals surface area contributed by atoms with Crippen LogP contribution in [-0.4, -0.2) is 17.0 Å². The Morgan fingerprint density at radius 1 is 1.45 bits per heavy atom. The topological polar surface area (TPSA) is 60.5 Å². The smallest absolute Gasteiger partial charge is 0.224 e. The van der Waals surface area contributed by atoms with Crippen LogP contribution in [0, 0.1) is 6.92 Å². The third-order valence-electron chi connectivity index (χ3n) is 2.81. The first-order chi connectivity index (χ1) is 9.50. The van der Waals surface area contributed by atoms with Gasteiger partial charge in [0.1, 0.15) is 11.6 Å². The Morgan fingerprint density at radius 2 is 2.20 bits per heavy atom. The highest BCUT2D eigenvalue weighted by molar-refractivity contribution is 8.11. The van der Waals surface area contributed by atoms with E-state index in [9.17, 15) is 0 Å². The molecule has 0 saturated heterocycles. The second-order valence-corrected chi connectivity index (χ2v) is 8.60. The lowest BCUT2D eigenvalue weighted by atomic mass is 10.2. The van der Waals surface area contributed by atoms with Gasteiger partial charge in [0, 0.05) is 18.8 Å². The number of hydrogen-bond acceptors (Lipinski definition) is 3. The molecular weight excluding hydrogens is 289 g/mol. The first-order valence-corrected chi connectivity index (χ1v) is 9.90. The van der Waals surface area contributed by atoms with Crippen molar-refractivity contribution in [2.45, 2.75) is 46.5 Å². The lowest BCUT2D eigenvalue weighted by Crippen LogP contribution is -2.12. The maximum absolute atomic E-state index is 6.02. The predicted octanol–water partition coefficient (Wildman–Crippen LogP) is 4.04. The average molecular weight is 313 g/mol. The molecule has 0 aromatic carbocycles. The summed E-state index contributed by atoms with van der Waals surface area (Å²) in [6, 6.07) is 1.91. The normalized spacial score (nSPS) is 14.8. The lowest BCUT2D eigenvalue weighted by Gasteiger charge is -2.20. The molecule has 1 aromatic heterocycles. The fraction of sp³-hybridized carbons (Fsp3) is 0.571. The number of nitrogens with zero attached hydrogens (tertiary/aromatic N) is 2. The van der Waals surface area contributed by atoms with Crippen molar-refractivity contribution < 1.29 is 4.52 Å². The van der Waals surface area contributed by atoms with Gasteiger partial charge in [-0.2, -0.15) is 0 Å². The van der Waals surface area contributed by atoms with Crippen LogP contribution in [-0.2, 0) is 11.8 Å². The molecule has 6 heteroatoms. The molecule has 4 nitrogen and oxygen atoms in total. The van der Waals surface area contributed by atoms with Gasteiger partial charge in [0.25, 0.3) is 0 Å². The first kappa shape index (κ1) is 17.1. The van der Waals surface area contributed by atoms with E-state index in [2.05, 4.69) is 23.6 Å². The second-order valence-electron chi connectivity index (χ2n) is 4.79. The number of amidine groups is 1. The fourth-order valence-corrected chi connectivity index (χ4v) is 4.59. The van der Waals surface area contributed by atoms with Crippen LogP contribution in [0.25, 0.3) is 0 Å². The van der Waals surface area contributed by atoms with Crippen LogP contribution < -0.4 is 10.3 Å². The van der Waals surface area contributed by atoms with Crippen LogP contribution in [0.2, 0.25) is 0 Å². The summed E-state index contributed by atoms with van der Waals surface area (Å²) in [5.41, 5.74) is 7.00. The Hall–Kier alpha value is -0.930. The third-order valence-corrected chi connectivity index (χ3v) is 5.88. The predicted molar refractivity (Wildman–Crippen MR) is 90.2 cm³/mol. The molecule has 1 rings (SSSR count). The van der Waals surface area contributed by atoms with Crippen molar-refractivity contribution in [2.24, 2.45) is 10.5 Å². The molecule has 1 aromatic rings. The van der Waals surface area contributed by atoms with E-state index in [0.29, 0.717) is 5.84 Å². The van der Waals surface area contributed by atoms with E-state index in [1.165, 1.54) is 0 Å². The Balaban J connectivity index is 2.92. The van der Waals surface area contributed by atoms with Crippen LogP contribution >= 0.6 is 6.42 Å². The molecular formula is C14H24N3OPS. The highest BCUT2D eigenvalue weighted by atomic mass is 32.4. The van der Waals surface area contributed by atoms with E-state index in [1.807, 2.05) is 13.0 Å². The quantitative estimate of drug-likeness (QED) is 0.447. The van der Waals surface area contributed by atoms with E-state index in [1.54, 1.807) is 12.4 Å². The zero-order valence-electron chi connectivity index (χ0n) is 12.5. The van der Waals surface area contributed by atoms with E-state index in [0.717, 1.165) is 43.2 Å². The average Bonchev–Trinajstić information content (AvgIpc) is 2.39. The van der Waals surface area contributed by atoms with Crippen LogP contribution in [0.15, 0.2) is 23.2 Å². The summed E-state index contributed by atoms with van der Waals surface area (Å²) < 4.78 is 10.6. The Morgan fingerprint density at radius 3 is 2.80 bits per heavy atom. The molecule has 0 aliphatic heterocycles. The maximum atomic E-state index is 6.02. The summed E-state index contributed by atoms with van der Waals surface area (Å²) in [6.07, 6.45) is 5.72. The van der Waals surface area contributed by atoms with E-state index in [4.69, 9.17) is 22.1 Å². The summed E-state index contributed by atoms with van der Waals surface area (Å²) in [4.78, 5) is 4.09. The Labute approximate surface area is 127 Å². The van der Waals surface area contributed by atoms with Gasteiger partial charge in [0.15, 0.2) is 0 Å². The van der Waals surface area contributed by atoms with E-state index < -0.39 is 6.42 Å². The number of rotatable bonds is 8. The molecule has 1 heterocycles. The fourth-order valence-electron chi connectivity index (χ4n) is 1.70. The number of pyridine rings is 1. The highest BCUT2D eigenvalue weighted by Crippen LogP contribution is 2.50. The largest absolute Gasteiger partial charge is 0.445 e. The number of aryl methyl sites for hydroxylation is 1. The summed E-state index contributed by atoms with van der Waals surface area (Å²) >= 11 is 5.66. The van der Waals surface area contributed by atoms with Gasteiger partial charge in [-0.15, -0.1) is 0 Å². The van der Waals surface area contributed by atoms with Gasteiger partial charge < -0.3 is 10.3 Å². The lowest BCUT2D eigenvalue weighted by molar-refractivity contribution is 0.600. The standard InChI is InChI=1S/C14H24N3OPS/c1-4-6-7-14(15)17-19(20,10-5-2)18-13-11-16-9-8-12(13)3/h8-9,11H,4-7,10H2,1-3H3,(H2,15,17,20). The minimum atomic E-state index is -2.31. The van der Waals surface area contributed by atoms with Gasteiger partial charge in [0.05, 0.1) is 6.20 Å². The number of unbranched alkanes of at least 4 members (excludes halogenated alkanes) is 1. The first-order valence-electron chi connectivity index (χ1n) is 7.04. The SMILES string of the molecule is CCCCC(N)=NP(=S)(CCC)Oc1cnccc1C. The zero-order chi connectivity index (χ0) is 15.0. The molecule has 1 atom stereocenters. The summed E-state index contributed by atoms with van der Waals surface area (Å²) in [5, 5.41) is 0. The molecule has 0 aliphatic carbocycles. The van der Waals surface area contributed by atoms with Crippen molar-refractivity contribution in [2.75, 3.05) is 6.16 Å². The molecule has 0 radical (unpaired) electrons. The Kier molecular flexibility index (Phi) is 7.17. The number of aromatic nitrogens is 1. The van der Waals surface area contributed by atoms with Crippen molar-refractivity contribution >= 4 is 24.1 Å². The molecule has 0 fully saturated rings. The van der Waals surface area contributed by atoms with Crippen LogP contribution in [0.4, 0.5) is 0 Å². The van der Waals surface area contributed by atoms with Crippen molar-refractivity contribution in [3.63, 3.8) is 0 Å². The van der Waals surface area contributed by atoms with Crippen LogP contribution in [0.5, 0.6) is 5.75 Å². The maximum Gasteiger partial charge on any atom is 0.224 e. The van der Waals surface area contributed by atoms with Gasteiger partial charge in [0.2, 0.25) is 6.42 Å². The summed E-state index contributed by atoms with van der Waals surface area (Å²) in [6.45, 7) is 6.19. The van der Waals surface area contributed by atoms with Crippen molar-refractivity contribution in [1.29, 1.82) is 0 Å². The molecule has 2 N–H and O–H groups in total. The third kappa shape index (κ3) is 5.59. The van der Waals surface area contributed by atoms with Crippen LogP contribution in [0.3, 0.4) is 0 Å². The molecule has 0 bridgehead atoms. The van der Waals surface area contributed by atoms with Crippen molar-refractivity contribution in [1.82, 2.24) is 4.98 Å². The minimum Gasteiger partial charge on any atom is -0.445 e. The van der Waals surface area contributed by atoms with Crippen molar-refractivity contribution in [3.05, 3.63) is 24.0 Å². The van der Waals surface area contributed by atoms with Gasteiger partial charge in [-0.25, -0.2) is 4.76 Å². The molecule has 112 valence electrons. The van der Waals surface area contributed by atoms with Gasteiger partial charge in [-0.1, -0.05) is 20.3 Å². The molecule has 0 spiro atoms. The number of hydrogen-bond donors (Lipinski definition) is 1. The second kappa shape index (κ2) is 8.38. The summed E-state index contributed by atoms with van der Waals surface area (Å²) in [7, 11) is 0. The van der Waals surface area contributed by atoms with Crippen LogP contribution in [0.1, 0.15) is 45.1 Å². The van der Waals surface area contributed by atoms with E-state index in [-0.39, 0.29) is 0 Å². The van der Waals surface area contributed by atoms with E-state index >= 15 is 0 Å². The van der Waals surface area contributed by atoms with Gasteiger partial charge in [-0.05, 0) is 43.2 Å². The van der Waals surface area contributed by atoms with Gasteiger partial charge in [-0.3, -0.25) is 4.98 Å². The monoisotopic (exact) mass is 313 g/mol.